The number of nitrogens with zero attached hydrogens (tertiary/aromatic N) is 1. The van der Waals surface area contributed by atoms with Crippen molar-refractivity contribution in [3.05, 3.63) is 16.6 Å². The first kappa shape index (κ1) is 7.50. The smallest absolute Gasteiger partial charge is 0.242 e. The lowest BCUT2D eigenvalue weighted by Crippen LogP contribution is -2.16. The van der Waals surface area contributed by atoms with Crippen LogP contribution in [0.2, 0.25) is 0 Å². The normalized spacial score (nSPS) is 12.9. The number of amides is 1. The summed E-state index contributed by atoms with van der Waals surface area (Å²) in [6, 6.07) is 0. The Bertz CT molecular complexity index is 224. The van der Waals surface area contributed by atoms with Crippen LogP contribution in [-0.2, 0) is 4.79 Å². The standard InChI is InChI=1S/C5H5ClN2OS/c6-3(4(7)9)5-8-1-2-10-5/h1-3H,(H2,7,9). The highest BCUT2D eigenvalue weighted by Gasteiger charge is 2.15. The maximum atomic E-state index is 10.5. The van der Waals surface area contributed by atoms with E-state index in [0.717, 1.165) is 0 Å². The summed E-state index contributed by atoms with van der Waals surface area (Å²) in [6.07, 6.45) is 1.58. The predicted octanol–water partition coefficient (Wildman–Crippen LogP) is 0.908. The maximum absolute atomic E-state index is 10.5. The van der Waals surface area contributed by atoms with Crippen LogP contribution in [0.1, 0.15) is 10.4 Å². The van der Waals surface area contributed by atoms with Gasteiger partial charge in [0.2, 0.25) is 5.91 Å². The molecule has 1 rings (SSSR count). The lowest BCUT2D eigenvalue weighted by molar-refractivity contribution is -0.117. The average Bonchev–Trinajstić information content (AvgIpc) is 2.36. The van der Waals surface area contributed by atoms with E-state index in [0.29, 0.717) is 5.01 Å². The van der Waals surface area contributed by atoms with Crippen LogP contribution < -0.4 is 5.73 Å². The first-order valence-corrected chi connectivity index (χ1v) is 3.86. The molecule has 10 heavy (non-hydrogen) atoms. The molecule has 1 heterocycles. The Morgan fingerprint density at radius 1 is 1.90 bits per heavy atom. The summed E-state index contributed by atoms with van der Waals surface area (Å²) in [6.45, 7) is 0. The number of rotatable bonds is 2. The molecule has 0 aliphatic heterocycles. The van der Waals surface area contributed by atoms with Gasteiger partial charge in [0.1, 0.15) is 5.01 Å². The molecule has 0 fully saturated rings. The fourth-order valence-corrected chi connectivity index (χ4v) is 1.31. The second-order valence-electron chi connectivity index (χ2n) is 1.64. The van der Waals surface area contributed by atoms with Crippen molar-refractivity contribution in [1.29, 1.82) is 0 Å². The van der Waals surface area contributed by atoms with E-state index in [4.69, 9.17) is 17.3 Å². The zero-order valence-corrected chi connectivity index (χ0v) is 6.52. The summed E-state index contributed by atoms with van der Waals surface area (Å²) < 4.78 is 0. The number of aromatic nitrogens is 1. The van der Waals surface area contributed by atoms with Gasteiger partial charge in [0, 0.05) is 11.6 Å². The zero-order valence-electron chi connectivity index (χ0n) is 4.95. The molecule has 1 aromatic heterocycles. The van der Waals surface area contributed by atoms with Crippen LogP contribution >= 0.6 is 22.9 Å². The molecular weight excluding hydrogens is 172 g/mol. The van der Waals surface area contributed by atoms with Gasteiger partial charge in [-0.25, -0.2) is 4.98 Å². The summed E-state index contributed by atoms with van der Waals surface area (Å²) in [7, 11) is 0. The minimum absolute atomic E-state index is 0.550. The number of halogens is 1. The molecule has 0 bridgehead atoms. The Morgan fingerprint density at radius 2 is 2.60 bits per heavy atom. The molecule has 0 aromatic carbocycles. The van der Waals surface area contributed by atoms with Crippen LogP contribution in [0.5, 0.6) is 0 Å². The van der Waals surface area contributed by atoms with E-state index in [2.05, 4.69) is 4.98 Å². The highest BCUT2D eigenvalue weighted by atomic mass is 35.5. The number of primary amides is 1. The predicted molar refractivity (Wildman–Crippen MR) is 39.9 cm³/mol. The Labute approximate surface area is 66.8 Å². The molecular formula is C5H5ClN2OS. The van der Waals surface area contributed by atoms with E-state index in [1.807, 2.05) is 0 Å². The van der Waals surface area contributed by atoms with Crippen molar-refractivity contribution in [3.8, 4) is 0 Å². The number of carbonyl (C=O) groups excluding carboxylic acids is 1. The van der Waals surface area contributed by atoms with Crippen LogP contribution in [0.15, 0.2) is 11.6 Å². The number of nitrogens with two attached hydrogens (primary N) is 1. The zero-order chi connectivity index (χ0) is 7.56. The molecule has 1 atom stereocenters. The first-order chi connectivity index (χ1) is 4.72. The van der Waals surface area contributed by atoms with Gasteiger partial charge in [0.25, 0.3) is 0 Å². The van der Waals surface area contributed by atoms with Gasteiger partial charge in [-0.1, -0.05) is 0 Å². The van der Waals surface area contributed by atoms with Gasteiger partial charge in [-0.15, -0.1) is 22.9 Å². The molecule has 0 aliphatic rings. The third kappa shape index (κ3) is 1.46. The molecule has 5 heteroatoms. The van der Waals surface area contributed by atoms with Gasteiger partial charge in [-0.3, -0.25) is 4.79 Å². The van der Waals surface area contributed by atoms with Crippen molar-refractivity contribution in [2.75, 3.05) is 0 Å². The van der Waals surface area contributed by atoms with Crippen molar-refractivity contribution in [2.45, 2.75) is 5.38 Å². The molecule has 1 amide bonds. The highest BCUT2D eigenvalue weighted by molar-refractivity contribution is 7.10. The monoisotopic (exact) mass is 176 g/mol. The van der Waals surface area contributed by atoms with Gasteiger partial charge in [-0.2, -0.15) is 0 Å². The maximum Gasteiger partial charge on any atom is 0.242 e. The second kappa shape index (κ2) is 2.98. The number of alkyl halides is 1. The number of carbonyl (C=O) groups is 1. The van der Waals surface area contributed by atoms with Crippen LogP contribution in [0.4, 0.5) is 0 Å². The molecule has 0 spiro atoms. The summed E-state index contributed by atoms with van der Waals surface area (Å²) in [4.78, 5) is 14.3. The topological polar surface area (TPSA) is 56.0 Å². The fraction of sp³-hybridized carbons (Fsp3) is 0.200. The Kier molecular flexibility index (Phi) is 2.24. The number of thiazole rings is 1. The van der Waals surface area contributed by atoms with Gasteiger partial charge in [0.15, 0.2) is 5.38 Å². The molecule has 54 valence electrons. The van der Waals surface area contributed by atoms with Crippen LogP contribution in [0, 0.1) is 0 Å². The van der Waals surface area contributed by atoms with E-state index in [9.17, 15) is 4.79 Å². The molecule has 2 N–H and O–H groups in total. The summed E-state index contributed by atoms with van der Waals surface area (Å²) in [5.74, 6) is -0.559. The second-order valence-corrected chi connectivity index (χ2v) is 3.00. The largest absolute Gasteiger partial charge is 0.368 e. The molecule has 0 aliphatic carbocycles. The third-order valence-electron chi connectivity index (χ3n) is 0.918. The number of hydrogen-bond donors (Lipinski definition) is 1. The molecule has 3 nitrogen and oxygen atoms in total. The lowest BCUT2D eigenvalue weighted by atomic mass is 10.4. The SMILES string of the molecule is NC(=O)C(Cl)c1nccs1. The van der Waals surface area contributed by atoms with Crippen molar-refractivity contribution in [3.63, 3.8) is 0 Å². The van der Waals surface area contributed by atoms with E-state index in [1.165, 1.54) is 11.3 Å². The summed E-state index contributed by atoms with van der Waals surface area (Å²) in [5, 5.41) is 1.52. The lowest BCUT2D eigenvalue weighted by Gasteiger charge is -1.97. The van der Waals surface area contributed by atoms with E-state index >= 15 is 0 Å². The minimum atomic E-state index is -0.778. The molecule has 0 saturated carbocycles. The Morgan fingerprint density at radius 3 is 3.00 bits per heavy atom. The summed E-state index contributed by atoms with van der Waals surface area (Å²) >= 11 is 6.87. The van der Waals surface area contributed by atoms with Gasteiger partial charge in [-0.05, 0) is 0 Å². The number of hydrogen-bond acceptors (Lipinski definition) is 3. The van der Waals surface area contributed by atoms with Crippen molar-refractivity contribution in [1.82, 2.24) is 4.98 Å². The first-order valence-electron chi connectivity index (χ1n) is 2.54. The highest BCUT2D eigenvalue weighted by Crippen LogP contribution is 2.21. The molecule has 0 saturated heterocycles. The summed E-state index contributed by atoms with van der Waals surface area (Å²) in [5.41, 5.74) is 4.92. The minimum Gasteiger partial charge on any atom is -0.368 e. The van der Waals surface area contributed by atoms with Crippen molar-refractivity contribution >= 4 is 28.8 Å². The van der Waals surface area contributed by atoms with Crippen LogP contribution in [-0.4, -0.2) is 10.9 Å². The average molecular weight is 177 g/mol. The fourth-order valence-electron chi connectivity index (χ4n) is 0.481. The van der Waals surface area contributed by atoms with Gasteiger partial charge < -0.3 is 5.73 Å². The Balaban J connectivity index is 2.77. The Hall–Kier alpha value is -0.610. The van der Waals surface area contributed by atoms with Crippen molar-refractivity contribution in [2.24, 2.45) is 5.73 Å². The molecule has 1 aromatic rings. The van der Waals surface area contributed by atoms with E-state index in [-0.39, 0.29) is 0 Å². The third-order valence-corrected chi connectivity index (χ3v) is 2.31. The molecule has 1 unspecified atom stereocenters. The quantitative estimate of drug-likeness (QED) is 0.681. The van der Waals surface area contributed by atoms with Gasteiger partial charge >= 0.3 is 0 Å². The van der Waals surface area contributed by atoms with E-state index in [1.54, 1.807) is 11.6 Å². The van der Waals surface area contributed by atoms with Crippen LogP contribution in [0.25, 0.3) is 0 Å². The van der Waals surface area contributed by atoms with Gasteiger partial charge in [0.05, 0.1) is 0 Å². The van der Waals surface area contributed by atoms with E-state index < -0.39 is 11.3 Å². The van der Waals surface area contributed by atoms with Crippen molar-refractivity contribution < 1.29 is 4.79 Å². The van der Waals surface area contributed by atoms with Crippen LogP contribution in [0.3, 0.4) is 0 Å². The molecule has 0 radical (unpaired) electrons.